The third kappa shape index (κ3) is 7.98. The van der Waals surface area contributed by atoms with Crippen LogP contribution in [0.1, 0.15) is 19.4 Å². The topological polar surface area (TPSA) is 103 Å². The van der Waals surface area contributed by atoms with Crippen LogP contribution in [0, 0.1) is 0 Å². The van der Waals surface area contributed by atoms with Gasteiger partial charge in [-0.05, 0) is 49.4 Å². The van der Waals surface area contributed by atoms with Crippen molar-refractivity contribution in [2.45, 2.75) is 26.6 Å². The summed E-state index contributed by atoms with van der Waals surface area (Å²) in [5.74, 6) is -0.979. The van der Waals surface area contributed by atoms with Crippen molar-refractivity contribution in [2.75, 3.05) is 40.0 Å². The van der Waals surface area contributed by atoms with Crippen LogP contribution in [0.4, 0.5) is 13.6 Å². The summed E-state index contributed by atoms with van der Waals surface area (Å²) in [6.45, 7) is 1.71. The molecule has 2 rings (SSSR count). The Labute approximate surface area is 194 Å². The Balaban J connectivity index is 1.92. The zero-order valence-corrected chi connectivity index (χ0v) is 19.3. The number of carbonyl (C=O) groups is 3. The molecule has 1 aromatic rings. The molecule has 1 aromatic carbocycles. The summed E-state index contributed by atoms with van der Waals surface area (Å²) in [6.07, 6.45) is 0.749. The lowest BCUT2D eigenvalue weighted by atomic mass is 10.2. The van der Waals surface area contributed by atoms with Crippen LogP contribution in [0.2, 0.25) is 0 Å². The smallest absolute Gasteiger partial charge is 0.387 e. The molecule has 0 saturated carbocycles. The number of halogens is 2. The van der Waals surface area contributed by atoms with E-state index >= 15 is 0 Å². The second kappa shape index (κ2) is 13.1. The number of hydrogen-bond acceptors (Lipinski definition) is 8. The summed E-state index contributed by atoms with van der Waals surface area (Å²) < 4.78 is 44.8. The minimum atomic E-state index is -3.01. The van der Waals surface area contributed by atoms with Gasteiger partial charge in [-0.25, -0.2) is 0 Å². The van der Waals surface area contributed by atoms with Crippen LogP contribution in [-0.2, 0) is 19.1 Å². The van der Waals surface area contributed by atoms with Crippen LogP contribution < -0.4 is 14.8 Å². The number of rotatable bonds is 13. The third-order valence-corrected chi connectivity index (χ3v) is 5.29. The van der Waals surface area contributed by atoms with Gasteiger partial charge in [-0.3, -0.25) is 19.3 Å². The molecule has 1 atom stereocenters. The number of methoxy groups -OCH3 is 1. The van der Waals surface area contributed by atoms with Gasteiger partial charge < -0.3 is 24.3 Å². The van der Waals surface area contributed by atoms with Crippen molar-refractivity contribution in [3.05, 3.63) is 28.7 Å². The molecule has 0 bridgehead atoms. The van der Waals surface area contributed by atoms with E-state index in [9.17, 15) is 23.2 Å². The molecule has 1 N–H and O–H groups in total. The average Bonchev–Trinajstić information content (AvgIpc) is 3.04. The molecule has 33 heavy (non-hydrogen) atoms. The summed E-state index contributed by atoms with van der Waals surface area (Å²) in [6, 6.07) is 4.16. The summed E-state index contributed by atoms with van der Waals surface area (Å²) in [5, 5.41) is 2.14. The van der Waals surface area contributed by atoms with Crippen LogP contribution in [0.5, 0.6) is 11.5 Å². The molecular formula is C21H26F2N2O7S. The van der Waals surface area contributed by atoms with Gasteiger partial charge in [-0.15, -0.1) is 0 Å². The average molecular weight is 489 g/mol. The van der Waals surface area contributed by atoms with Gasteiger partial charge in [0, 0.05) is 19.7 Å². The van der Waals surface area contributed by atoms with Gasteiger partial charge in [-0.2, -0.15) is 8.78 Å². The fourth-order valence-corrected chi connectivity index (χ4v) is 3.61. The number of nitrogens with zero attached hydrogens (tertiary/aromatic N) is 1. The highest BCUT2D eigenvalue weighted by Gasteiger charge is 2.34. The van der Waals surface area contributed by atoms with Crippen LogP contribution in [-0.4, -0.2) is 74.7 Å². The lowest BCUT2D eigenvalue weighted by Gasteiger charge is -2.16. The number of thioether (sulfide) groups is 1. The van der Waals surface area contributed by atoms with Crippen molar-refractivity contribution in [2.24, 2.45) is 0 Å². The predicted octanol–water partition coefficient (Wildman–Crippen LogP) is 2.89. The SMILES string of the molecule is CCOCCOC(C)C(=O)NCCN1C(=O)S/C(=C/c2ccc(OC(F)F)c(OC)c2)C1=O. The monoisotopic (exact) mass is 488 g/mol. The van der Waals surface area contributed by atoms with E-state index < -0.39 is 23.9 Å². The Bertz CT molecular complexity index is 882. The van der Waals surface area contributed by atoms with E-state index in [0.717, 1.165) is 16.7 Å². The number of imide groups is 1. The number of ether oxygens (including phenoxy) is 4. The molecule has 3 amide bonds. The van der Waals surface area contributed by atoms with Gasteiger partial charge in [0.15, 0.2) is 11.5 Å². The lowest BCUT2D eigenvalue weighted by Crippen LogP contribution is -2.41. The molecule has 9 nitrogen and oxygen atoms in total. The second-order valence-electron chi connectivity index (χ2n) is 6.62. The van der Waals surface area contributed by atoms with Crippen molar-refractivity contribution < 1.29 is 42.1 Å². The first kappa shape index (κ1) is 26.6. The summed E-state index contributed by atoms with van der Waals surface area (Å²) in [4.78, 5) is 38.1. The van der Waals surface area contributed by atoms with Crippen molar-refractivity contribution in [1.29, 1.82) is 0 Å². The van der Waals surface area contributed by atoms with Crippen LogP contribution in [0.25, 0.3) is 6.08 Å². The zero-order valence-electron chi connectivity index (χ0n) is 18.5. The second-order valence-corrected chi connectivity index (χ2v) is 7.62. The van der Waals surface area contributed by atoms with Crippen molar-refractivity contribution in [3.8, 4) is 11.5 Å². The van der Waals surface area contributed by atoms with Crippen LogP contribution >= 0.6 is 11.8 Å². The molecule has 182 valence electrons. The molecule has 0 radical (unpaired) electrons. The number of nitrogens with one attached hydrogen (secondary N) is 1. The van der Waals surface area contributed by atoms with E-state index in [1.165, 1.54) is 31.4 Å². The molecule has 1 unspecified atom stereocenters. The van der Waals surface area contributed by atoms with Crippen molar-refractivity contribution in [1.82, 2.24) is 10.2 Å². The summed E-state index contributed by atoms with van der Waals surface area (Å²) >= 11 is 0.741. The largest absolute Gasteiger partial charge is 0.493 e. The first-order valence-corrected chi connectivity index (χ1v) is 10.9. The zero-order chi connectivity index (χ0) is 24.4. The van der Waals surface area contributed by atoms with Crippen molar-refractivity contribution in [3.63, 3.8) is 0 Å². The van der Waals surface area contributed by atoms with Crippen LogP contribution in [0.3, 0.4) is 0 Å². The minimum Gasteiger partial charge on any atom is -0.493 e. The molecule has 0 aromatic heterocycles. The van der Waals surface area contributed by atoms with E-state index in [0.29, 0.717) is 18.8 Å². The minimum absolute atomic E-state index is 0.0100. The van der Waals surface area contributed by atoms with E-state index in [1.54, 1.807) is 6.92 Å². The number of hydrogen-bond donors (Lipinski definition) is 1. The highest BCUT2D eigenvalue weighted by molar-refractivity contribution is 8.18. The molecule has 1 saturated heterocycles. The van der Waals surface area contributed by atoms with Gasteiger partial charge in [0.2, 0.25) is 5.91 Å². The Hall–Kier alpha value is -2.70. The van der Waals surface area contributed by atoms with E-state index in [2.05, 4.69) is 10.1 Å². The molecule has 1 aliphatic rings. The Morgan fingerprint density at radius 2 is 2.00 bits per heavy atom. The highest BCUT2D eigenvalue weighted by atomic mass is 32.2. The molecule has 12 heteroatoms. The molecular weight excluding hydrogens is 462 g/mol. The number of amides is 3. The molecule has 1 aliphatic heterocycles. The van der Waals surface area contributed by atoms with Gasteiger partial charge >= 0.3 is 6.61 Å². The lowest BCUT2D eigenvalue weighted by molar-refractivity contribution is -0.133. The Kier molecular flexibility index (Phi) is 10.6. The standard InChI is InChI=1S/C21H26F2N2O7S/c1-4-30-9-10-31-13(2)18(26)24-7-8-25-19(27)17(33-21(25)28)12-14-5-6-15(32-20(22)23)16(11-14)29-3/h5-6,11-13,20H,4,7-10H2,1-3H3,(H,24,26)/b17-12+. The van der Waals surface area contributed by atoms with E-state index in [4.69, 9.17) is 14.2 Å². The number of alkyl halides is 2. The fourth-order valence-electron chi connectivity index (χ4n) is 2.75. The summed E-state index contributed by atoms with van der Waals surface area (Å²) in [7, 11) is 1.30. The predicted molar refractivity (Wildman–Crippen MR) is 117 cm³/mol. The highest BCUT2D eigenvalue weighted by Crippen LogP contribution is 2.34. The van der Waals surface area contributed by atoms with Crippen LogP contribution in [0.15, 0.2) is 23.1 Å². The number of benzene rings is 1. The fraction of sp³-hybridized carbons (Fsp3) is 0.476. The maximum atomic E-state index is 12.6. The van der Waals surface area contributed by atoms with Crippen molar-refractivity contribution >= 4 is 34.9 Å². The summed E-state index contributed by atoms with van der Waals surface area (Å²) in [5.41, 5.74) is 0.463. The van der Waals surface area contributed by atoms with Gasteiger partial charge in [0.25, 0.3) is 11.1 Å². The van der Waals surface area contributed by atoms with Gasteiger partial charge in [0.1, 0.15) is 6.10 Å². The van der Waals surface area contributed by atoms with E-state index in [1.807, 2.05) is 6.92 Å². The molecule has 0 aliphatic carbocycles. The normalized spacial score (nSPS) is 15.9. The Morgan fingerprint density at radius 3 is 2.67 bits per heavy atom. The van der Waals surface area contributed by atoms with E-state index in [-0.39, 0.29) is 42.0 Å². The quantitative estimate of drug-likeness (QED) is 0.334. The first-order chi connectivity index (χ1) is 15.8. The maximum Gasteiger partial charge on any atom is 0.387 e. The first-order valence-electron chi connectivity index (χ1n) is 10.1. The molecule has 1 fully saturated rings. The molecule has 0 spiro atoms. The number of carbonyl (C=O) groups excluding carboxylic acids is 3. The Morgan fingerprint density at radius 1 is 1.24 bits per heavy atom. The third-order valence-electron chi connectivity index (χ3n) is 4.38. The maximum absolute atomic E-state index is 12.6. The van der Waals surface area contributed by atoms with Gasteiger partial charge in [-0.1, -0.05) is 6.07 Å². The molecule has 1 heterocycles. The van der Waals surface area contributed by atoms with Gasteiger partial charge in [0.05, 0.1) is 25.2 Å².